The average molecular weight is 250 g/mol. The number of fused-ring (bicyclic) bond motifs is 1. The van der Waals surface area contributed by atoms with Crippen LogP contribution in [0, 0.1) is 5.92 Å². The number of morpholine rings is 1. The molecule has 2 N–H and O–H groups in total. The molecule has 0 radical (unpaired) electrons. The van der Waals surface area contributed by atoms with Crippen LogP contribution in [0.15, 0.2) is 18.5 Å². The molecule has 1 aromatic rings. The quantitative estimate of drug-likeness (QED) is 0.809. The van der Waals surface area contributed by atoms with E-state index in [0.29, 0.717) is 18.7 Å². The number of aromatic nitrogens is 1. The molecule has 0 bridgehead atoms. The van der Waals surface area contributed by atoms with Crippen LogP contribution in [-0.4, -0.2) is 52.8 Å². The normalized spacial score (nSPS) is 31.4. The van der Waals surface area contributed by atoms with Gasteiger partial charge in [-0.25, -0.2) is 0 Å². The minimum absolute atomic E-state index is 0.0631. The third-order valence-electron chi connectivity index (χ3n) is 4.00. The van der Waals surface area contributed by atoms with E-state index in [0.717, 1.165) is 12.8 Å². The standard InChI is InChI=1S/C13H18N2O3/c16-8-9-5-11-12(6-9)18-4-3-15(11)13(17)10-1-2-14-7-10/h1-2,7,9,11-12,14,16H,3-6,8H2/t9-,11+,12?/m1/s1. The van der Waals surface area contributed by atoms with Crippen LogP contribution in [0.2, 0.25) is 0 Å². The molecule has 5 nitrogen and oxygen atoms in total. The van der Waals surface area contributed by atoms with E-state index in [2.05, 4.69) is 4.98 Å². The van der Waals surface area contributed by atoms with E-state index in [9.17, 15) is 9.90 Å². The fourth-order valence-corrected chi connectivity index (χ4v) is 3.07. The topological polar surface area (TPSA) is 65.6 Å². The lowest BCUT2D eigenvalue weighted by Crippen LogP contribution is -2.51. The molecular formula is C13H18N2O3. The van der Waals surface area contributed by atoms with Gasteiger partial charge in [0.25, 0.3) is 5.91 Å². The summed E-state index contributed by atoms with van der Waals surface area (Å²) in [6, 6.07) is 1.92. The average Bonchev–Trinajstić information content (AvgIpc) is 3.05. The molecule has 1 unspecified atom stereocenters. The number of hydrogen-bond acceptors (Lipinski definition) is 3. The van der Waals surface area contributed by atoms with E-state index >= 15 is 0 Å². The Morgan fingerprint density at radius 2 is 2.44 bits per heavy atom. The summed E-state index contributed by atoms with van der Waals surface area (Å²) in [4.78, 5) is 17.2. The lowest BCUT2D eigenvalue weighted by atomic mass is 10.1. The molecule has 1 saturated heterocycles. The zero-order chi connectivity index (χ0) is 12.5. The van der Waals surface area contributed by atoms with Crippen LogP contribution < -0.4 is 0 Å². The van der Waals surface area contributed by atoms with Gasteiger partial charge in [0.2, 0.25) is 0 Å². The number of carbonyl (C=O) groups is 1. The number of ether oxygens (including phenoxy) is 1. The van der Waals surface area contributed by atoms with Gasteiger partial charge in [0, 0.05) is 25.5 Å². The largest absolute Gasteiger partial charge is 0.396 e. The van der Waals surface area contributed by atoms with Crippen molar-refractivity contribution in [3.05, 3.63) is 24.0 Å². The summed E-state index contributed by atoms with van der Waals surface area (Å²) < 4.78 is 5.72. The van der Waals surface area contributed by atoms with Crippen molar-refractivity contribution < 1.29 is 14.6 Å². The van der Waals surface area contributed by atoms with Gasteiger partial charge in [0.15, 0.2) is 0 Å². The number of aliphatic hydroxyl groups is 1. The van der Waals surface area contributed by atoms with Gasteiger partial charge in [-0.3, -0.25) is 4.79 Å². The van der Waals surface area contributed by atoms with Crippen LogP contribution >= 0.6 is 0 Å². The molecule has 3 rings (SSSR count). The first kappa shape index (κ1) is 11.7. The summed E-state index contributed by atoms with van der Waals surface area (Å²) >= 11 is 0. The number of nitrogens with one attached hydrogen (secondary N) is 1. The third kappa shape index (κ3) is 1.93. The summed E-state index contributed by atoms with van der Waals surface area (Å²) in [7, 11) is 0. The molecule has 18 heavy (non-hydrogen) atoms. The molecule has 1 amide bonds. The molecule has 0 spiro atoms. The van der Waals surface area contributed by atoms with Crippen LogP contribution in [0.4, 0.5) is 0 Å². The highest BCUT2D eigenvalue weighted by Crippen LogP contribution is 2.34. The SMILES string of the molecule is O=C(c1cc[nH]c1)N1CCOC2C[C@H](CO)C[C@@H]21. The van der Waals surface area contributed by atoms with E-state index in [1.807, 2.05) is 4.90 Å². The fraction of sp³-hybridized carbons (Fsp3) is 0.615. The van der Waals surface area contributed by atoms with Gasteiger partial charge >= 0.3 is 0 Å². The van der Waals surface area contributed by atoms with Gasteiger partial charge in [0.05, 0.1) is 24.3 Å². The highest BCUT2D eigenvalue weighted by atomic mass is 16.5. The van der Waals surface area contributed by atoms with Gasteiger partial charge < -0.3 is 19.7 Å². The Morgan fingerprint density at radius 1 is 1.56 bits per heavy atom. The predicted octanol–water partition coefficient (Wildman–Crippen LogP) is 0.627. The van der Waals surface area contributed by atoms with Crippen molar-refractivity contribution in [2.45, 2.75) is 25.0 Å². The first-order valence-corrected chi connectivity index (χ1v) is 6.46. The zero-order valence-electron chi connectivity index (χ0n) is 10.2. The number of aromatic amines is 1. The van der Waals surface area contributed by atoms with Crippen molar-refractivity contribution in [2.24, 2.45) is 5.92 Å². The minimum Gasteiger partial charge on any atom is -0.396 e. The number of carbonyl (C=O) groups excluding carboxylic acids is 1. The molecule has 0 aromatic carbocycles. The van der Waals surface area contributed by atoms with E-state index in [-0.39, 0.29) is 30.6 Å². The molecule has 1 aliphatic carbocycles. The summed E-state index contributed by atoms with van der Waals surface area (Å²) in [6.07, 6.45) is 5.29. The van der Waals surface area contributed by atoms with Crippen molar-refractivity contribution in [2.75, 3.05) is 19.8 Å². The maximum Gasteiger partial charge on any atom is 0.255 e. The molecule has 2 fully saturated rings. The molecule has 1 aromatic heterocycles. The molecular weight excluding hydrogens is 232 g/mol. The van der Waals surface area contributed by atoms with Crippen LogP contribution in [0.5, 0.6) is 0 Å². The number of aliphatic hydroxyl groups excluding tert-OH is 1. The first-order valence-electron chi connectivity index (χ1n) is 6.46. The maximum atomic E-state index is 12.4. The van der Waals surface area contributed by atoms with Crippen molar-refractivity contribution in [1.82, 2.24) is 9.88 Å². The number of nitrogens with zero attached hydrogens (tertiary/aromatic N) is 1. The number of amides is 1. The Kier molecular flexibility index (Phi) is 3.09. The summed E-state index contributed by atoms with van der Waals surface area (Å²) in [5, 5.41) is 9.26. The second-order valence-corrected chi connectivity index (χ2v) is 5.09. The van der Waals surface area contributed by atoms with Gasteiger partial charge in [-0.2, -0.15) is 0 Å². The van der Waals surface area contributed by atoms with E-state index in [1.54, 1.807) is 18.5 Å². The smallest absolute Gasteiger partial charge is 0.255 e. The molecule has 98 valence electrons. The van der Waals surface area contributed by atoms with Gasteiger partial charge in [-0.15, -0.1) is 0 Å². The van der Waals surface area contributed by atoms with E-state index < -0.39 is 0 Å². The second-order valence-electron chi connectivity index (χ2n) is 5.09. The third-order valence-corrected chi connectivity index (χ3v) is 4.00. The van der Waals surface area contributed by atoms with Crippen LogP contribution in [0.3, 0.4) is 0 Å². The van der Waals surface area contributed by atoms with Crippen molar-refractivity contribution >= 4 is 5.91 Å². The molecule has 2 heterocycles. The molecule has 5 heteroatoms. The highest BCUT2D eigenvalue weighted by molar-refractivity contribution is 5.94. The zero-order valence-corrected chi connectivity index (χ0v) is 10.2. The first-order chi connectivity index (χ1) is 8.79. The number of hydrogen-bond donors (Lipinski definition) is 2. The molecule has 3 atom stereocenters. The Morgan fingerprint density at radius 3 is 3.17 bits per heavy atom. The van der Waals surface area contributed by atoms with Crippen molar-refractivity contribution in [1.29, 1.82) is 0 Å². The monoisotopic (exact) mass is 250 g/mol. The number of rotatable bonds is 2. The Labute approximate surface area is 106 Å². The maximum absolute atomic E-state index is 12.4. The predicted molar refractivity (Wildman–Crippen MR) is 65.2 cm³/mol. The summed E-state index contributed by atoms with van der Waals surface area (Å²) in [5.41, 5.74) is 0.697. The second kappa shape index (κ2) is 4.74. The lowest BCUT2D eigenvalue weighted by molar-refractivity contribution is -0.0448. The lowest BCUT2D eigenvalue weighted by Gasteiger charge is -2.37. The summed E-state index contributed by atoms with van der Waals surface area (Å²) in [6.45, 7) is 1.42. The minimum atomic E-state index is 0.0631. The Bertz CT molecular complexity index is 418. The van der Waals surface area contributed by atoms with Crippen molar-refractivity contribution in [3.63, 3.8) is 0 Å². The van der Waals surface area contributed by atoms with E-state index in [1.165, 1.54) is 0 Å². The van der Waals surface area contributed by atoms with E-state index in [4.69, 9.17) is 4.74 Å². The fourth-order valence-electron chi connectivity index (χ4n) is 3.07. The Hall–Kier alpha value is -1.33. The van der Waals surface area contributed by atoms with Crippen LogP contribution in [0.25, 0.3) is 0 Å². The van der Waals surface area contributed by atoms with Crippen LogP contribution in [0.1, 0.15) is 23.2 Å². The Balaban J connectivity index is 1.77. The molecule has 1 saturated carbocycles. The van der Waals surface area contributed by atoms with Crippen LogP contribution in [-0.2, 0) is 4.74 Å². The van der Waals surface area contributed by atoms with Gasteiger partial charge in [-0.05, 0) is 24.8 Å². The van der Waals surface area contributed by atoms with Gasteiger partial charge in [-0.1, -0.05) is 0 Å². The van der Waals surface area contributed by atoms with Crippen molar-refractivity contribution in [3.8, 4) is 0 Å². The number of H-pyrrole nitrogens is 1. The molecule has 1 aliphatic heterocycles. The van der Waals surface area contributed by atoms with Gasteiger partial charge in [0.1, 0.15) is 0 Å². The summed E-state index contributed by atoms with van der Waals surface area (Å²) in [5.74, 6) is 0.327. The molecule has 2 aliphatic rings. The highest BCUT2D eigenvalue weighted by Gasteiger charge is 2.42.